The van der Waals surface area contributed by atoms with Gasteiger partial charge in [-0.1, -0.05) is 0 Å². The van der Waals surface area contributed by atoms with Crippen LogP contribution in [0.3, 0.4) is 0 Å². The summed E-state index contributed by atoms with van der Waals surface area (Å²) in [6.07, 6.45) is 3.97. The molecule has 1 heterocycles. The predicted molar refractivity (Wildman–Crippen MR) is 57.5 cm³/mol. The molecule has 0 unspecified atom stereocenters. The van der Waals surface area contributed by atoms with Crippen molar-refractivity contribution in [3.05, 3.63) is 11.1 Å². The number of nitrogens with zero attached hydrogens (tertiary/aromatic N) is 2. The largest absolute Gasteiger partial charge is 0.375 e. The molecule has 4 nitrogen and oxygen atoms in total. The quantitative estimate of drug-likeness (QED) is 0.824. The van der Waals surface area contributed by atoms with Gasteiger partial charge in [-0.3, -0.25) is 4.21 Å². The molecule has 0 saturated heterocycles. The third-order valence-electron chi connectivity index (χ3n) is 1.34. The van der Waals surface area contributed by atoms with Gasteiger partial charge >= 0.3 is 0 Å². The summed E-state index contributed by atoms with van der Waals surface area (Å²) in [6, 6.07) is 0. The van der Waals surface area contributed by atoms with E-state index in [-0.39, 0.29) is 0 Å². The molecule has 0 amide bonds. The first-order valence-electron chi connectivity index (χ1n) is 3.80. The molecule has 0 saturated carbocycles. The molecule has 1 aromatic heterocycles. The Labute approximate surface area is 82.4 Å². The zero-order valence-corrected chi connectivity index (χ0v) is 9.32. The maximum Gasteiger partial charge on any atom is 0.180 e. The number of anilines is 1. The van der Waals surface area contributed by atoms with E-state index in [1.807, 2.05) is 5.38 Å². The molecule has 1 aromatic rings. The molecule has 0 fully saturated rings. The van der Waals surface area contributed by atoms with Gasteiger partial charge in [0.25, 0.3) is 0 Å². The van der Waals surface area contributed by atoms with Crippen LogP contribution < -0.4 is 5.73 Å². The summed E-state index contributed by atoms with van der Waals surface area (Å²) in [4.78, 5) is 4.07. The summed E-state index contributed by atoms with van der Waals surface area (Å²) in [6.45, 7) is 0.551. The van der Waals surface area contributed by atoms with Gasteiger partial charge in [0.15, 0.2) is 5.13 Å². The van der Waals surface area contributed by atoms with Crippen LogP contribution in [0.1, 0.15) is 5.69 Å². The lowest BCUT2D eigenvalue weighted by Crippen LogP contribution is -1.96. The summed E-state index contributed by atoms with van der Waals surface area (Å²) >= 11 is 1.42. The standard InChI is InChI=1S/C7H13N3OS2/c1-13(2,11)9-4-3-6-5-12-7(8)10-6/h5H,3-4H2,1-2H3,(H2,8,10). The molecule has 0 aliphatic rings. The number of aromatic nitrogens is 1. The fourth-order valence-electron chi connectivity index (χ4n) is 0.817. The SMILES string of the molecule is CS(C)(=O)=NCCc1csc(N)n1. The molecule has 0 radical (unpaired) electrons. The number of hydrogen-bond acceptors (Lipinski definition) is 5. The Kier molecular flexibility index (Phi) is 3.27. The first-order chi connectivity index (χ1) is 5.97. The van der Waals surface area contributed by atoms with Crippen molar-refractivity contribution in [1.29, 1.82) is 0 Å². The van der Waals surface area contributed by atoms with E-state index in [0.29, 0.717) is 18.1 Å². The van der Waals surface area contributed by atoms with Gasteiger partial charge < -0.3 is 5.73 Å². The fourth-order valence-corrected chi connectivity index (χ4v) is 1.95. The molecular weight excluding hydrogens is 206 g/mol. The van der Waals surface area contributed by atoms with Gasteiger partial charge in [0.1, 0.15) is 0 Å². The second-order valence-corrected chi connectivity index (χ2v) is 6.47. The number of nitrogen functional groups attached to an aromatic ring is 1. The minimum atomic E-state index is -1.97. The molecule has 2 N–H and O–H groups in total. The van der Waals surface area contributed by atoms with Gasteiger partial charge in [-0.2, -0.15) is 0 Å². The first-order valence-corrected chi connectivity index (χ1v) is 7.01. The van der Waals surface area contributed by atoms with Crippen molar-refractivity contribution < 1.29 is 4.21 Å². The van der Waals surface area contributed by atoms with Crippen molar-refractivity contribution in [2.75, 3.05) is 24.8 Å². The molecule has 1 rings (SSSR count). The zero-order valence-electron chi connectivity index (χ0n) is 7.69. The third-order valence-corrected chi connectivity index (χ3v) is 2.87. The van der Waals surface area contributed by atoms with E-state index in [9.17, 15) is 4.21 Å². The summed E-state index contributed by atoms with van der Waals surface area (Å²) in [5.41, 5.74) is 6.38. The molecule has 0 aliphatic carbocycles. The molecule has 74 valence electrons. The van der Waals surface area contributed by atoms with E-state index in [1.54, 1.807) is 12.5 Å². The summed E-state index contributed by atoms with van der Waals surface area (Å²) in [5, 5.41) is 2.47. The number of thiazole rings is 1. The summed E-state index contributed by atoms with van der Waals surface area (Å²) in [7, 11) is -1.97. The van der Waals surface area contributed by atoms with E-state index in [2.05, 4.69) is 9.35 Å². The second-order valence-electron chi connectivity index (χ2n) is 2.96. The van der Waals surface area contributed by atoms with E-state index < -0.39 is 9.73 Å². The topological polar surface area (TPSA) is 68.3 Å². The van der Waals surface area contributed by atoms with Crippen LogP contribution >= 0.6 is 11.3 Å². The number of nitrogens with two attached hydrogens (primary N) is 1. The number of rotatable bonds is 3. The lowest BCUT2D eigenvalue weighted by molar-refractivity contribution is 0.682. The molecule has 0 atom stereocenters. The van der Waals surface area contributed by atoms with Gasteiger partial charge in [-0.15, -0.1) is 11.3 Å². The van der Waals surface area contributed by atoms with Crippen molar-refractivity contribution in [3.63, 3.8) is 0 Å². The summed E-state index contributed by atoms with van der Waals surface area (Å²) < 4.78 is 15.2. The van der Waals surface area contributed by atoms with Crippen LogP contribution in [0.25, 0.3) is 0 Å². The molecule has 0 aliphatic heterocycles. The van der Waals surface area contributed by atoms with Gasteiger partial charge in [-0.05, 0) is 0 Å². The van der Waals surface area contributed by atoms with Crippen molar-refractivity contribution >= 4 is 26.2 Å². The van der Waals surface area contributed by atoms with Crippen LogP contribution in [0, 0.1) is 0 Å². The van der Waals surface area contributed by atoms with Crippen LogP contribution in [0.15, 0.2) is 9.74 Å². The minimum Gasteiger partial charge on any atom is -0.375 e. The molecule has 0 aromatic carbocycles. The molecular formula is C7H13N3OS2. The Morgan fingerprint density at radius 3 is 2.85 bits per heavy atom. The number of hydrogen-bond donors (Lipinski definition) is 1. The van der Waals surface area contributed by atoms with Crippen LogP contribution in [0.4, 0.5) is 5.13 Å². The Morgan fingerprint density at radius 1 is 1.69 bits per heavy atom. The zero-order chi connectivity index (χ0) is 9.90. The van der Waals surface area contributed by atoms with Crippen LogP contribution in [-0.4, -0.2) is 28.2 Å². The maximum absolute atomic E-state index is 11.2. The highest BCUT2D eigenvalue weighted by Gasteiger charge is 1.97. The van der Waals surface area contributed by atoms with Gasteiger partial charge in [-0.25, -0.2) is 9.35 Å². The molecule has 13 heavy (non-hydrogen) atoms. The van der Waals surface area contributed by atoms with Crippen molar-refractivity contribution in [3.8, 4) is 0 Å². The van der Waals surface area contributed by atoms with Gasteiger partial charge in [0.2, 0.25) is 0 Å². The van der Waals surface area contributed by atoms with E-state index in [1.165, 1.54) is 11.3 Å². The highest BCUT2D eigenvalue weighted by atomic mass is 32.2. The van der Waals surface area contributed by atoms with Gasteiger partial charge in [0, 0.05) is 34.0 Å². The Hall–Kier alpha value is -0.620. The highest BCUT2D eigenvalue weighted by Crippen LogP contribution is 2.11. The van der Waals surface area contributed by atoms with Crippen LogP contribution in [0.5, 0.6) is 0 Å². The Balaban J connectivity index is 2.50. The third kappa shape index (κ3) is 4.23. The molecule has 0 spiro atoms. The van der Waals surface area contributed by atoms with Gasteiger partial charge in [0.05, 0.1) is 12.2 Å². The van der Waals surface area contributed by atoms with E-state index in [0.717, 1.165) is 5.69 Å². The second kappa shape index (κ2) is 4.06. The van der Waals surface area contributed by atoms with Crippen molar-refractivity contribution in [1.82, 2.24) is 4.98 Å². The Bertz CT molecular complexity index is 382. The van der Waals surface area contributed by atoms with Crippen LogP contribution in [-0.2, 0) is 16.1 Å². The highest BCUT2D eigenvalue weighted by molar-refractivity contribution is 7.92. The smallest absolute Gasteiger partial charge is 0.180 e. The molecule has 0 bridgehead atoms. The fraction of sp³-hybridized carbons (Fsp3) is 0.571. The first kappa shape index (κ1) is 10.5. The van der Waals surface area contributed by atoms with Crippen molar-refractivity contribution in [2.45, 2.75) is 6.42 Å². The van der Waals surface area contributed by atoms with E-state index >= 15 is 0 Å². The Morgan fingerprint density at radius 2 is 2.38 bits per heavy atom. The minimum absolute atomic E-state index is 0.551. The van der Waals surface area contributed by atoms with E-state index in [4.69, 9.17) is 5.73 Å². The predicted octanol–water partition coefficient (Wildman–Crippen LogP) is 0.995. The van der Waals surface area contributed by atoms with Crippen molar-refractivity contribution in [2.24, 2.45) is 4.36 Å². The average Bonchev–Trinajstić information content (AvgIpc) is 2.33. The normalized spacial score (nSPS) is 11.5. The summed E-state index contributed by atoms with van der Waals surface area (Å²) in [5.74, 6) is 0. The maximum atomic E-state index is 11.2. The lowest BCUT2D eigenvalue weighted by atomic mass is 10.3. The average molecular weight is 219 g/mol. The molecule has 6 heteroatoms. The monoisotopic (exact) mass is 219 g/mol. The van der Waals surface area contributed by atoms with Crippen LogP contribution in [0.2, 0.25) is 0 Å². The lowest BCUT2D eigenvalue weighted by Gasteiger charge is -1.94.